The number of hydroxylamine groups is 1. The van der Waals surface area contributed by atoms with Crippen molar-refractivity contribution in [3.05, 3.63) is 35.9 Å². The van der Waals surface area contributed by atoms with Gasteiger partial charge in [0.15, 0.2) is 0 Å². The van der Waals surface area contributed by atoms with E-state index in [9.17, 15) is 0 Å². The molecule has 1 unspecified atom stereocenters. The minimum atomic E-state index is 0.492. The summed E-state index contributed by atoms with van der Waals surface area (Å²) in [6.45, 7) is 3.02. The van der Waals surface area contributed by atoms with Gasteiger partial charge in [0.2, 0.25) is 0 Å². The molecule has 0 saturated heterocycles. The SMILES string of the molecule is CONCC(C)c1ccccc1. The van der Waals surface area contributed by atoms with Crippen LogP contribution in [0.2, 0.25) is 0 Å². The summed E-state index contributed by atoms with van der Waals surface area (Å²) < 4.78 is 0. The summed E-state index contributed by atoms with van der Waals surface area (Å²) in [5.74, 6) is 0.492. The van der Waals surface area contributed by atoms with Gasteiger partial charge in [-0.25, -0.2) is 5.48 Å². The molecule has 0 aliphatic rings. The first-order chi connectivity index (χ1) is 5.84. The average Bonchev–Trinajstić information content (AvgIpc) is 2.15. The van der Waals surface area contributed by atoms with Crippen molar-refractivity contribution in [3.8, 4) is 0 Å². The number of hydrogen-bond acceptors (Lipinski definition) is 2. The molecule has 0 heterocycles. The van der Waals surface area contributed by atoms with Gasteiger partial charge in [-0.3, -0.25) is 0 Å². The van der Waals surface area contributed by atoms with Crippen LogP contribution < -0.4 is 5.48 Å². The Morgan fingerprint density at radius 1 is 1.33 bits per heavy atom. The second-order valence-corrected chi connectivity index (χ2v) is 2.86. The Bertz CT molecular complexity index is 210. The monoisotopic (exact) mass is 165 g/mol. The molecule has 0 aliphatic heterocycles. The van der Waals surface area contributed by atoms with Crippen LogP contribution in [0.4, 0.5) is 0 Å². The summed E-state index contributed by atoms with van der Waals surface area (Å²) in [7, 11) is 1.64. The molecule has 2 nitrogen and oxygen atoms in total. The summed E-state index contributed by atoms with van der Waals surface area (Å²) >= 11 is 0. The standard InChI is InChI=1S/C10H15NO/c1-9(8-11-12-2)10-6-4-3-5-7-10/h3-7,9,11H,8H2,1-2H3. The van der Waals surface area contributed by atoms with Crippen molar-refractivity contribution in [3.63, 3.8) is 0 Å². The Hall–Kier alpha value is -0.860. The van der Waals surface area contributed by atoms with Crippen LogP contribution in [0.25, 0.3) is 0 Å². The minimum absolute atomic E-state index is 0.492. The lowest BCUT2D eigenvalue weighted by molar-refractivity contribution is 0.0882. The van der Waals surface area contributed by atoms with Gasteiger partial charge in [-0.05, 0) is 11.5 Å². The lowest BCUT2D eigenvalue weighted by Gasteiger charge is -2.10. The van der Waals surface area contributed by atoms with Crippen LogP contribution in [0.3, 0.4) is 0 Å². The zero-order chi connectivity index (χ0) is 8.81. The molecule has 0 aromatic heterocycles. The van der Waals surface area contributed by atoms with Gasteiger partial charge in [0.1, 0.15) is 0 Å². The molecule has 0 saturated carbocycles. The highest BCUT2D eigenvalue weighted by atomic mass is 16.6. The number of benzene rings is 1. The van der Waals surface area contributed by atoms with Crippen LogP contribution in [-0.4, -0.2) is 13.7 Å². The highest BCUT2D eigenvalue weighted by molar-refractivity contribution is 5.18. The molecule has 0 bridgehead atoms. The van der Waals surface area contributed by atoms with Gasteiger partial charge in [0, 0.05) is 6.54 Å². The molecule has 0 aliphatic carbocycles. The number of hydrogen-bond donors (Lipinski definition) is 1. The summed E-state index contributed by atoms with van der Waals surface area (Å²) in [6, 6.07) is 10.4. The highest BCUT2D eigenvalue weighted by Gasteiger charge is 2.02. The summed E-state index contributed by atoms with van der Waals surface area (Å²) in [4.78, 5) is 4.78. The fourth-order valence-electron chi connectivity index (χ4n) is 1.11. The van der Waals surface area contributed by atoms with E-state index in [-0.39, 0.29) is 0 Å². The lowest BCUT2D eigenvalue weighted by Crippen LogP contribution is -2.18. The Morgan fingerprint density at radius 3 is 2.58 bits per heavy atom. The van der Waals surface area contributed by atoms with Gasteiger partial charge in [0.05, 0.1) is 7.11 Å². The zero-order valence-electron chi connectivity index (χ0n) is 7.58. The Morgan fingerprint density at radius 2 is 2.00 bits per heavy atom. The van der Waals surface area contributed by atoms with Gasteiger partial charge >= 0.3 is 0 Å². The van der Waals surface area contributed by atoms with Crippen LogP contribution in [-0.2, 0) is 4.84 Å². The second kappa shape index (κ2) is 4.91. The van der Waals surface area contributed by atoms with Crippen molar-refractivity contribution in [1.29, 1.82) is 0 Å². The predicted molar refractivity (Wildman–Crippen MR) is 49.9 cm³/mol. The number of nitrogens with one attached hydrogen (secondary N) is 1. The van der Waals surface area contributed by atoms with Crippen molar-refractivity contribution in [2.45, 2.75) is 12.8 Å². The predicted octanol–water partition coefficient (Wildman–Crippen LogP) is 1.94. The maximum atomic E-state index is 4.78. The fraction of sp³-hybridized carbons (Fsp3) is 0.400. The molecule has 1 N–H and O–H groups in total. The first-order valence-electron chi connectivity index (χ1n) is 4.15. The molecule has 0 fully saturated rings. The van der Waals surface area contributed by atoms with Gasteiger partial charge in [0.25, 0.3) is 0 Å². The van der Waals surface area contributed by atoms with Crippen molar-refractivity contribution < 1.29 is 4.84 Å². The third kappa shape index (κ3) is 2.64. The van der Waals surface area contributed by atoms with E-state index in [0.29, 0.717) is 5.92 Å². The Labute approximate surface area is 73.5 Å². The molecule has 1 atom stereocenters. The Kier molecular flexibility index (Phi) is 3.77. The van der Waals surface area contributed by atoms with Gasteiger partial charge < -0.3 is 4.84 Å². The maximum Gasteiger partial charge on any atom is 0.0572 e. The smallest absolute Gasteiger partial charge is 0.0572 e. The maximum absolute atomic E-state index is 4.78. The molecular formula is C10H15NO. The summed E-state index contributed by atoms with van der Waals surface area (Å²) in [5, 5.41) is 0. The van der Waals surface area contributed by atoms with Gasteiger partial charge in [-0.1, -0.05) is 37.3 Å². The first-order valence-corrected chi connectivity index (χ1v) is 4.15. The average molecular weight is 165 g/mol. The zero-order valence-corrected chi connectivity index (χ0v) is 7.58. The van der Waals surface area contributed by atoms with E-state index in [1.807, 2.05) is 6.07 Å². The van der Waals surface area contributed by atoms with Crippen LogP contribution in [0.1, 0.15) is 18.4 Å². The fourth-order valence-corrected chi connectivity index (χ4v) is 1.11. The molecular weight excluding hydrogens is 150 g/mol. The number of rotatable bonds is 4. The van der Waals surface area contributed by atoms with E-state index in [2.05, 4.69) is 36.7 Å². The van der Waals surface area contributed by atoms with E-state index in [4.69, 9.17) is 4.84 Å². The van der Waals surface area contributed by atoms with E-state index in [0.717, 1.165) is 6.54 Å². The van der Waals surface area contributed by atoms with Crippen molar-refractivity contribution in [2.24, 2.45) is 0 Å². The topological polar surface area (TPSA) is 21.3 Å². The molecule has 1 rings (SSSR count). The highest BCUT2D eigenvalue weighted by Crippen LogP contribution is 2.12. The van der Waals surface area contributed by atoms with Gasteiger partial charge in [-0.2, -0.15) is 0 Å². The van der Waals surface area contributed by atoms with Crippen molar-refractivity contribution in [1.82, 2.24) is 5.48 Å². The molecule has 2 heteroatoms. The van der Waals surface area contributed by atoms with E-state index < -0.39 is 0 Å². The van der Waals surface area contributed by atoms with E-state index in [1.54, 1.807) is 7.11 Å². The Balaban J connectivity index is 2.48. The molecule has 0 spiro atoms. The first kappa shape index (κ1) is 9.23. The quantitative estimate of drug-likeness (QED) is 0.688. The van der Waals surface area contributed by atoms with Gasteiger partial charge in [-0.15, -0.1) is 0 Å². The third-order valence-electron chi connectivity index (χ3n) is 1.90. The molecule has 0 radical (unpaired) electrons. The second-order valence-electron chi connectivity index (χ2n) is 2.86. The third-order valence-corrected chi connectivity index (χ3v) is 1.90. The van der Waals surface area contributed by atoms with E-state index >= 15 is 0 Å². The summed E-state index contributed by atoms with van der Waals surface area (Å²) in [5.41, 5.74) is 4.18. The summed E-state index contributed by atoms with van der Waals surface area (Å²) in [6.07, 6.45) is 0. The lowest BCUT2D eigenvalue weighted by atomic mass is 10.0. The largest absolute Gasteiger partial charge is 0.305 e. The molecule has 12 heavy (non-hydrogen) atoms. The van der Waals surface area contributed by atoms with Crippen LogP contribution >= 0.6 is 0 Å². The molecule has 1 aromatic rings. The van der Waals surface area contributed by atoms with Crippen LogP contribution in [0.15, 0.2) is 30.3 Å². The van der Waals surface area contributed by atoms with Crippen LogP contribution in [0, 0.1) is 0 Å². The van der Waals surface area contributed by atoms with E-state index in [1.165, 1.54) is 5.56 Å². The van der Waals surface area contributed by atoms with Crippen molar-refractivity contribution >= 4 is 0 Å². The molecule has 66 valence electrons. The normalized spacial score (nSPS) is 12.8. The molecule has 1 aromatic carbocycles. The van der Waals surface area contributed by atoms with Crippen LogP contribution in [0.5, 0.6) is 0 Å². The minimum Gasteiger partial charge on any atom is -0.305 e. The van der Waals surface area contributed by atoms with Crippen molar-refractivity contribution in [2.75, 3.05) is 13.7 Å². The molecule has 0 amide bonds.